The van der Waals surface area contributed by atoms with Crippen LogP contribution in [0.15, 0.2) is 53.3 Å². The first-order valence-corrected chi connectivity index (χ1v) is 6.50. The molecule has 0 saturated carbocycles. The summed E-state index contributed by atoms with van der Waals surface area (Å²) in [4.78, 5) is 4.39. The summed E-state index contributed by atoms with van der Waals surface area (Å²) in [6, 6.07) is 14.2. The molecule has 0 bridgehead atoms. The van der Waals surface area contributed by atoms with E-state index in [1.807, 2.05) is 30.6 Å². The molecule has 0 aliphatic heterocycles. The third-order valence-electron chi connectivity index (χ3n) is 2.99. The second-order valence-electron chi connectivity index (χ2n) is 4.08. The van der Waals surface area contributed by atoms with E-state index >= 15 is 0 Å². The molecule has 2 N–H and O–H groups in total. The Hall–Kier alpha value is -1.65. The fourth-order valence-electron chi connectivity index (χ4n) is 2.02. The van der Waals surface area contributed by atoms with E-state index in [0.717, 1.165) is 26.8 Å². The predicted molar refractivity (Wildman–Crippen MR) is 76.7 cm³/mol. The van der Waals surface area contributed by atoms with Crippen molar-refractivity contribution >= 4 is 27.0 Å². The molecule has 3 nitrogen and oxygen atoms in total. The molecule has 1 aromatic heterocycles. The van der Waals surface area contributed by atoms with E-state index in [2.05, 4.69) is 43.7 Å². The molecule has 0 aliphatic rings. The number of nitrogens with two attached hydrogens (primary N) is 1. The lowest BCUT2D eigenvalue weighted by atomic mass is 10.2. The van der Waals surface area contributed by atoms with Crippen LogP contribution in [0.5, 0.6) is 0 Å². The maximum Gasteiger partial charge on any atom is 0.100 e. The highest BCUT2D eigenvalue weighted by Gasteiger charge is 2.05. The van der Waals surface area contributed by atoms with Gasteiger partial charge in [-0.2, -0.15) is 0 Å². The minimum absolute atomic E-state index is 0.533. The summed E-state index contributed by atoms with van der Waals surface area (Å²) in [6.07, 6.45) is 1.84. The van der Waals surface area contributed by atoms with E-state index in [9.17, 15) is 0 Å². The van der Waals surface area contributed by atoms with E-state index in [1.54, 1.807) is 0 Å². The Balaban J connectivity index is 2.17. The second-order valence-corrected chi connectivity index (χ2v) is 4.94. The molecule has 90 valence electrons. The smallest absolute Gasteiger partial charge is 0.100 e. The molecule has 0 amide bonds. The number of halogens is 1. The summed E-state index contributed by atoms with van der Waals surface area (Å²) in [5.41, 5.74) is 9.94. The highest BCUT2D eigenvalue weighted by molar-refractivity contribution is 9.10. The van der Waals surface area contributed by atoms with Crippen molar-refractivity contribution in [3.63, 3.8) is 0 Å². The van der Waals surface area contributed by atoms with Gasteiger partial charge < -0.3 is 5.73 Å². The van der Waals surface area contributed by atoms with Crippen molar-refractivity contribution in [2.45, 2.75) is 6.54 Å². The van der Waals surface area contributed by atoms with Gasteiger partial charge in [0.15, 0.2) is 0 Å². The molecule has 0 fully saturated rings. The molecule has 3 rings (SSSR count). The predicted octanol–water partition coefficient (Wildman–Crippen LogP) is 3.25. The lowest BCUT2D eigenvalue weighted by Gasteiger charge is -2.07. The van der Waals surface area contributed by atoms with Crippen LogP contribution in [0.25, 0.3) is 16.7 Å². The number of rotatable bonds is 2. The third-order valence-corrected chi connectivity index (χ3v) is 3.73. The molecule has 18 heavy (non-hydrogen) atoms. The lowest BCUT2D eigenvalue weighted by Crippen LogP contribution is -1.99. The number of fused-ring (bicyclic) bond motifs is 1. The quantitative estimate of drug-likeness (QED) is 0.789. The summed E-state index contributed by atoms with van der Waals surface area (Å²) in [5.74, 6) is 0. The van der Waals surface area contributed by atoms with Crippen LogP contribution in [0.4, 0.5) is 0 Å². The number of nitrogens with zero attached hydrogens (tertiary/aromatic N) is 2. The number of imidazole rings is 1. The van der Waals surface area contributed by atoms with Gasteiger partial charge in [0.1, 0.15) is 6.33 Å². The van der Waals surface area contributed by atoms with Crippen molar-refractivity contribution in [3.8, 4) is 5.69 Å². The largest absolute Gasteiger partial charge is 0.326 e. The Labute approximate surface area is 113 Å². The molecule has 4 heteroatoms. The van der Waals surface area contributed by atoms with Gasteiger partial charge >= 0.3 is 0 Å². The van der Waals surface area contributed by atoms with Gasteiger partial charge in [-0.15, -0.1) is 0 Å². The average molecular weight is 302 g/mol. The Kier molecular flexibility index (Phi) is 2.89. The molecule has 0 spiro atoms. The maximum atomic E-state index is 5.66. The van der Waals surface area contributed by atoms with Crippen LogP contribution in [0.1, 0.15) is 5.56 Å². The third kappa shape index (κ3) is 1.83. The molecule has 0 aliphatic carbocycles. The Morgan fingerprint density at radius 1 is 1.17 bits per heavy atom. The van der Waals surface area contributed by atoms with Gasteiger partial charge in [0.2, 0.25) is 0 Å². The summed E-state index contributed by atoms with van der Waals surface area (Å²) in [6.45, 7) is 0.533. The molecule has 0 saturated heterocycles. The Morgan fingerprint density at radius 2 is 2.00 bits per heavy atom. The zero-order valence-electron chi connectivity index (χ0n) is 9.68. The summed E-state index contributed by atoms with van der Waals surface area (Å²) in [7, 11) is 0. The van der Waals surface area contributed by atoms with Gasteiger partial charge in [-0.25, -0.2) is 4.98 Å². The topological polar surface area (TPSA) is 43.8 Å². The van der Waals surface area contributed by atoms with Gasteiger partial charge in [0.25, 0.3) is 0 Å². The molecule has 1 heterocycles. The monoisotopic (exact) mass is 301 g/mol. The molecule has 2 aromatic carbocycles. The maximum absolute atomic E-state index is 5.66. The fourth-order valence-corrected chi connectivity index (χ4v) is 2.55. The van der Waals surface area contributed by atoms with Gasteiger partial charge in [-0.1, -0.05) is 34.1 Å². The van der Waals surface area contributed by atoms with Crippen LogP contribution in [0, 0.1) is 0 Å². The molecule has 0 radical (unpaired) electrons. The van der Waals surface area contributed by atoms with E-state index < -0.39 is 0 Å². The zero-order chi connectivity index (χ0) is 12.5. The van der Waals surface area contributed by atoms with Crippen LogP contribution >= 0.6 is 15.9 Å². The summed E-state index contributed by atoms with van der Waals surface area (Å²) in [5, 5.41) is 0. The van der Waals surface area contributed by atoms with Gasteiger partial charge in [-0.3, -0.25) is 4.57 Å². The highest BCUT2D eigenvalue weighted by Crippen LogP contribution is 2.23. The Morgan fingerprint density at radius 3 is 2.78 bits per heavy atom. The first-order chi connectivity index (χ1) is 8.79. The number of hydrogen-bond acceptors (Lipinski definition) is 2. The molecular weight excluding hydrogens is 290 g/mol. The van der Waals surface area contributed by atoms with E-state index in [-0.39, 0.29) is 0 Å². The first-order valence-electron chi connectivity index (χ1n) is 5.70. The minimum atomic E-state index is 0.533. The summed E-state index contributed by atoms with van der Waals surface area (Å²) < 4.78 is 3.10. The number of benzene rings is 2. The van der Waals surface area contributed by atoms with Gasteiger partial charge in [0.05, 0.1) is 11.0 Å². The number of hydrogen-bond donors (Lipinski definition) is 1. The molecule has 0 unspecified atom stereocenters. The molecule has 3 aromatic rings. The van der Waals surface area contributed by atoms with Crippen molar-refractivity contribution in [2.75, 3.05) is 0 Å². The molecular formula is C14H12BrN3. The lowest BCUT2D eigenvalue weighted by molar-refractivity contribution is 1.04. The van der Waals surface area contributed by atoms with Crippen LogP contribution in [-0.2, 0) is 6.54 Å². The van der Waals surface area contributed by atoms with Crippen molar-refractivity contribution in [3.05, 3.63) is 58.8 Å². The van der Waals surface area contributed by atoms with Gasteiger partial charge in [0, 0.05) is 16.7 Å². The Bertz CT molecular complexity index is 703. The van der Waals surface area contributed by atoms with Crippen molar-refractivity contribution < 1.29 is 0 Å². The zero-order valence-corrected chi connectivity index (χ0v) is 11.3. The van der Waals surface area contributed by atoms with Crippen molar-refractivity contribution in [2.24, 2.45) is 5.73 Å². The van der Waals surface area contributed by atoms with E-state index in [0.29, 0.717) is 6.54 Å². The number of para-hydroxylation sites is 2. The van der Waals surface area contributed by atoms with E-state index in [1.165, 1.54) is 0 Å². The van der Waals surface area contributed by atoms with Gasteiger partial charge in [-0.05, 0) is 29.8 Å². The van der Waals surface area contributed by atoms with E-state index in [4.69, 9.17) is 5.73 Å². The first kappa shape index (κ1) is 11.4. The van der Waals surface area contributed by atoms with Crippen LogP contribution in [-0.4, -0.2) is 9.55 Å². The molecule has 0 atom stereocenters. The van der Waals surface area contributed by atoms with Crippen molar-refractivity contribution in [1.29, 1.82) is 0 Å². The standard InChI is InChI=1S/C14H12BrN3/c15-12-7-11(6-5-10(12)8-16)18-9-17-13-3-1-2-4-14(13)18/h1-7,9H,8,16H2. The second kappa shape index (κ2) is 4.55. The van der Waals surface area contributed by atoms with Crippen LogP contribution in [0.2, 0.25) is 0 Å². The number of aromatic nitrogens is 2. The normalized spacial score (nSPS) is 11.0. The van der Waals surface area contributed by atoms with Crippen molar-refractivity contribution in [1.82, 2.24) is 9.55 Å². The highest BCUT2D eigenvalue weighted by atomic mass is 79.9. The average Bonchev–Trinajstić information content (AvgIpc) is 2.82. The van der Waals surface area contributed by atoms with Crippen LogP contribution < -0.4 is 5.73 Å². The summed E-state index contributed by atoms with van der Waals surface area (Å²) >= 11 is 3.54. The minimum Gasteiger partial charge on any atom is -0.326 e. The van der Waals surface area contributed by atoms with Crippen LogP contribution in [0.3, 0.4) is 0 Å². The SMILES string of the molecule is NCc1ccc(-n2cnc3ccccc32)cc1Br. The fraction of sp³-hybridized carbons (Fsp3) is 0.0714.